The highest BCUT2D eigenvalue weighted by Gasteiger charge is 2.30. The predicted molar refractivity (Wildman–Crippen MR) is 151 cm³/mol. The zero-order valence-corrected chi connectivity index (χ0v) is 23.3. The fourth-order valence-electron chi connectivity index (χ4n) is 5.75. The Labute approximate surface area is 225 Å². The maximum absolute atomic E-state index is 13.7. The molecule has 4 heterocycles. The van der Waals surface area contributed by atoms with E-state index in [4.69, 9.17) is 9.72 Å². The van der Waals surface area contributed by atoms with Gasteiger partial charge in [-0.3, -0.25) is 4.79 Å². The fourth-order valence-corrected chi connectivity index (χ4v) is 7.08. The van der Waals surface area contributed by atoms with Crippen LogP contribution in [0, 0.1) is 26.7 Å². The van der Waals surface area contributed by atoms with E-state index >= 15 is 0 Å². The molecule has 2 aliphatic heterocycles. The van der Waals surface area contributed by atoms with Gasteiger partial charge < -0.3 is 15.0 Å². The van der Waals surface area contributed by atoms with Crippen LogP contribution < -0.4 is 10.1 Å². The van der Waals surface area contributed by atoms with E-state index in [0.717, 1.165) is 66.3 Å². The summed E-state index contributed by atoms with van der Waals surface area (Å²) in [6, 6.07) is 12.2. The van der Waals surface area contributed by atoms with E-state index in [1.807, 2.05) is 41.4 Å². The zero-order chi connectivity index (χ0) is 25.8. The number of aromatic nitrogens is 1. The van der Waals surface area contributed by atoms with Gasteiger partial charge in [0.2, 0.25) is 5.88 Å². The molecule has 5 rings (SSSR count). The van der Waals surface area contributed by atoms with Crippen LogP contribution >= 0.6 is 11.3 Å². The number of benzene rings is 1. The van der Waals surface area contributed by atoms with E-state index < -0.39 is 0 Å². The molecule has 196 valence electrons. The lowest BCUT2D eigenvalue weighted by Crippen LogP contribution is -2.37. The smallest absolute Gasteiger partial charge is 0.255 e. The predicted octanol–water partition coefficient (Wildman–Crippen LogP) is 6.17. The molecule has 1 fully saturated rings. The summed E-state index contributed by atoms with van der Waals surface area (Å²) in [5.41, 5.74) is 6.33. The molecule has 2 aliphatic rings. The van der Waals surface area contributed by atoms with Gasteiger partial charge in [0.1, 0.15) is 6.61 Å². The third kappa shape index (κ3) is 6.07. The number of amides is 1. The molecule has 0 bridgehead atoms. The molecule has 1 amide bonds. The summed E-state index contributed by atoms with van der Waals surface area (Å²) in [5.74, 6) is 1.66. The highest BCUT2D eigenvalue weighted by atomic mass is 32.1. The minimum atomic E-state index is 0.161. The Morgan fingerprint density at radius 1 is 1.14 bits per heavy atom. The highest BCUT2D eigenvalue weighted by Crippen LogP contribution is 2.35. The molecule has 1 N–H and O–H groups in total. The molecule has 6 heteroatoms. The van der Waals surface area contributed by atoms with Crippen molar-refractivity contribution < 1.29 is 9.53 Å². The third-order valence-corrected chi connectivity index (χ3v) is 9.32. The zero-order valence-electron chi connectivity index (χ0n) is 22.4. The van der Waals surface area contributed by atoms with Gasteiger partial charge in [0.15, 0.2) is 0 Å². The summed E-state index contributed by atoms with van der Waals surface area (Å²) in [7, 11) is 0. The van der Waals surface area contributed by atoms with Crippen LogP contribution in [0.2, 0.25) is 0 Å². The largest absolute Gasteiger partial charge is 0.473 e. The Morgan fingerprint density at radius 3 is 2.70 bits per heavy atom. The lowest BCUT2D eigenvalue weighted by atomic mass is 9.92. The summed E-state index contributed by atoms with van der Waals surface area (Å²) in [4.78, 5) is 23.1. The molecule has 0 unspecified atom stereocenters. The minimum absolute atomic E-state index is 0.161. The van der Waals surface area contributed by atoms with E-state index in [2.05, 4.69) is 37.4 Å². The second-order valence-corrected chi connectivity index (χ2v) is 11.8. The number of carbonyl (C=O) groups excluding carboxylic acids is 1. The van der Waals surface area contributed by atoms with Crippen LogP contribution in [-0.2, 0) is 26.0 Å². The van der Waals surface area contributed by atoms with Gasteiger partial charge in [0.05, 0.1) is 12.1 Å². The molecule has 0 aliphatic carbocycles. The number of hydrogen-bond acceptors (Lipinski definition) is 5. The van der Waals surface area contributed by atoms with Gasteiger partial charge in [-0.1, -0.05) is 36.8 Å². The SMILES string of the molecule is Cc1cc(C)c(CN2CCc3sc(CCCC4CCNCC4)c(C)c3C2=O)c(OCc2ccccc2)n1. The fraction of sp³-hybridized carbons (Fsp3) is 0.484. The first-order chi connectivity index (χ1) is 18.0. The Morgan fingerprint density at radius 2 is 1.92 bits per heavy atom. The van der Waals surface area contributed by atoms with Crippen molar-refractivity contribution in [1.29, 1.82) is 0 Å². The molecule has 0 spiro atoms. The topological polar surface area (TPSA) is 54.5 Å². The number of piperidine rings is 1. The maximum atomic E-state index is 13.7. The number of hydrogen-bond donors (Lipinski definition) is 1. The number of pyridine rings is 1. The Kier molecular flexibility index (Phi) is 8.26. The molecule has 0 atom stereocenters. The van der Waals surface area contributed by atoms with Crippen LogP contribution in [0.1, 0.15) is 73.7 Å². The average Bonchev–Trinajstić information content (AvgIpc) is 3.23. The van der Waals surface area contributed by atoms with Gasteiger partial charge in [0, 0.05) is 34.0 Å². The molecular formula is C31H39N3O2S. The molecule has 3 aromatic rings. The number of nitrogens with zero attached hydrogens (tertiary/aromatic N) is 2. The number of carbonyl (C=O) groups is 1. The van der Waals surface area contributed by atoms with Gasteiger partial charge in [0.25, 0.3) is 5.91 Å². The first-order valence-electron chi connectivity index (χ1n) is 13.7. The van der Waals surface area contributed by atoms with Crippen molar-refractivity contribution in [3.05, 3.63) is 79.7 Å². The summed E-state index contributed by atoms with van der Waals surface area (Å²) >= 11 is 1.88. The summed E-state index contributed by atoms with van der Waals surface area (Å²) in [6.45, 7) is 10.3. The average molecular weight is 518 g/mol. The molecule has 37 heavy (non-hydrogen) atoms. The highest BCUT2D eigenvalue weighted by molar-refractivity contribution is 7.12. The van der Waals surface area contributed by atoms with E-state index in [-0.39, 0.29) is 5.91 Å². The van der Waals surface area contributed by atoms with Crippen molar-refractivity contribution in [1.82, 2.24) is 15.2 Å². The molecule has 5 nitrogen and oxygen atoms in total. The third-order valence-electron chi connectivity index (χ3n) is 7.91. The van der Waals surface area contributed by atoms with Crippen LogP contribution in [0.25, 0.3) is 0 Å². The second kappa shape index (κ2) is 11.8. The Bertz CT molecular complexity index is 1230. The van der Waals surface area contributed by atoms with Gasteiger partial charge in [-0.05, 0) is 88.2 Å². The van der Waals surface area contributed by atoms with Crippen LogP contribution in [0.5, 0.6) is 5.88 Å². The molecule has 1 aromatic carbocycles. The summed E-state index contributed by atoms with van der Waals surface area (Å²) in [6.07, 6.45) is 7.16. The molecule has 0 radical (unpaired) electrons. The first kappa shape index (κ1) is 25.9. The van der Waals surface area contributed by atoms with Crippen LogP contribution in [0.3, 0.4) is 0 Å². The Balaban J connectivity index is 1.28. The number of nitrogens with one attached hydrogen (secondary N) is 1. The van der Waals surface area contributed by atoms with E-state index in [9.17, 15) is 4.79 Å². The summed E-state index contributed by atoms with van der Waals surface area (Å²) in [5, 5.41) is 3.46. The van der Waals surface area contributed by atoms with Crippen LogP contribution in [-0.4, -0.2) is 35.4 Å². The number of aryl methyl sites for hydroxylation is 3. The van der Waals surface area contributed by atoms with E-state index in [1.54, 1.807) is 0 Å². The monoisotopic (exact) mass is 517 g/mol. The van der Waals surface area contributed by atoms with E-state index in [0.29, 0.717) is 19.0 Å². The molecule has 0 saturated carbocycles. The maximum Gasteiger partial charge on any atom is 0.255 e. The quantitative estimate of drug-likeness (QED) is 0.369. The van der Waals surface area contributed by atoms with Crippen molar-refractivity contribution in [3.63, 3.8) is 0 Å². The summed E-state index contributed by atoms with van der Waals surface area (Å²) < 4.78 is 6.20. The van der Waals surface area contributed by atoms with Crippen molar-refractivity contribution in [2.24, 2.45) is 5.92 Å². The number of thiophene rings is 1. The van der Waals surface area contributed by atoms with Crippen molar-refractivity contribution >= 4 is 17.2 Å². The molecular weight excluding hydrogens is 478 g/mol. The van der Waals surface area contributed by atoms with Crippen LogP contribution in [0.4, 0.5) is 0 Å². The van der Waals surface area contributed by atoms with Gasteiger partial charge in [-0.2, -0.15) is 0 Å². The number of fused-ring (bicyclic) bond motifs is 1. The van der Waals surface area contributed by atoms with Gasteiger partial charge in [-0.15, -0.1) is 11.3 Å². The van der Waals surface area contributed by atoms with E-state index in [1.165, 1.54) is 41.0 Å². The van der Waals surface area contributed by atoms with Gasteiger partial charge in [-0.25, -0.2) is 4.98 Å². The van der Waals surface area contributed by atoms with Crippen molar-refractivity contribution in [2.75, 3.05) is 19.6 Å². The minimum Gasteiger partial charge on any atom is -0.473 e. The second-order valence-electron chi connectivity index (χ2n) is 10.6. The van der Waals surface area contributed by atoms with Crippen molar-refractivity contribution in [3.8, 4) is 5.88 Å². The standard InChI is InChI=1S/C31H39N3O2S/c1-21-18-22(2)33-30(36-20-25-8-5-4-6-9-25)26(21)19-34-17-14-28-29(31(34)35)23(3)27(37-28)11-7-10-24-12-15-32-16-13-24/h4-6,8-9,18,24,32H,7,10-17,19-20H2,1-3H3. The lowest BCUT2D eigenvalue weighted by molar-refractivity contribution is 0.0726. The van der Waals surface area contributed by atoms with Crippen LogP contribution in [0.15, 0.2) is 36.4 Å². The molecule has 2 aromatic heterocycles. The first-order valence-corrected chi connectivity index (χ1v) is 14.6. The molecule has 1 saturated heterocycles. The number of ether oxygens (including phenoxy) is 1. The van der Waals surface area contributed by atoms with Crippen molar-refractivity contribution in [2.45, 2.75) is 72.4 Å². The Hall–Kier alpha value is -2.70. The number of rotatable bonds is 9. The van der Waals surface area contributed by atoms with Gasteiger partial charge >= 0.3 is 0 Å². The lowest BCUT2D eigenvalue weighted by Gasteiger charge is -2.28. The normalized spacial score (nSPS) is 16.2.